The number of hydrogen-bond acceptors (Lipinski definition) is 3. The first kappa shape index (κ1) is 18.2. The van der Waals surface area contributed by atoms with Gasteiger partial charge >= 0.3 is 0 Å². The summed E-state index contributed by atoms with van der Waals surface area (Å²) in [6, 6.07) is 17.4. The minimum Gasteiger partial charge on any atom is -0.395 e. The van der Waals surface area contributed by atoms with Crippen LogP contribution in [-0.4, -0.2) is 41.2 Å². The van der Waals surface area contributed by atoms with E-state index in [-0.39, 0.29) is 30.4 Å². The smallest absolute Gasteiger partial charge is 0.127 e. The van der Waals surface area contributed by atoms with Gasteiger partial charge in [0, 0.05) is 41.9 Å². The van der Waals surface area contributed by atoms with Crippen molar-refractivity contribution in [3.8, 4) is 0 Å². The van der Waals surface area contributed by atoms with Gasteiger partial charge in [-0.2, -0.15) is 0 Å². The molecule has 0 saturated carbocycles. The lowest BCUT2D eigenvalue weighted by Crippen LogP contribution is -2.32. The molecule has 4 nitrogen and oxygen atoms in total. The van der Waals surface area contributed by atoms with Gasteiger partial charge in [0.1, 0.15) is 5.82 Å². The highest BCUT2D eigenvalue weighted by Crippen LogP contribution is 2.40. The molecule has 3 aromatic rings. The van der Waals surface area contributed by atoms with Crippen LogP contribution >= 0.6 is 0 Å². The SMILES string of the molecule is CN1[C@@H](CO)C[C@@H](CNCc2cc3ccccc3[nH]2)[C@H]1c1ccccc1F. The monoisotopic (exact) mass is 367 g/mol. The number of hydrogen-bond donors (Lipinski definition) is 3. The lowest BCUT2D eigenvalue weighted by atomic mass is 9.92. The summed E-state index contributed by atoms with van der Waals surface area (Å²) in [5, 5.41) is 14.4. The topological polar surface area (TPSA) is 51.3 Å². The number of nitrogens with one attached hydrogen (secondary N) is 2. The quantitative estimate of drug-likeness (QED) is 0.625. The molecule has 5 heteroatoms. The van der Waals surface area contributed by atoms with Crippen LogP contribution in [0, 0.1) is 11.7 Å². The van der Waals surface area contributed by atoms with Crippen LogP contribution in [-0.2, 0) is 6.54 Å². The van der Waals surface area contributed by atoms with Crippen molar-refractivity contribution >= 4 is 10.9 Å². The fourth-order valence-corrected chi connectivity index (χ4v) is 4.41. The Morgan fingerprint density at radius 1 is 1.19 bits per heavy atom. The number of rotatable bonds is 6. The van der Waals surface area contributed by atoms with Crippen LogP contribution in [0.5, 0.6) is 0 Å². The van der Waals surface area contributed by atoms with Crippen molar-refractivity contribution < 1.29 is 9.50 Å². The van der Waals surface area contributed by atoms with Crippen molar-refractivity contribution in [2.45, 2.75) is 25.0 Å². The summed E-state index contributed by atoms with van der Waals surface area (Å²) in [5.74, 6) is 0.0713. The van der Waals surface area contributed by atoms with E-state index in [1.165, 1.54) is 11.5 Å². The van der Waals surface area contributed by atoms with Crippen LogP contribution < -0.4 is 5.32 Å². The number of aromatic amines is 1. The number of aliphatic hydroxyl groups excluding tert-OH is 1. The third-order valence-corrected chi connectivity index (χ3v) is 5.78. The molecule has 3 atom stereocenters. The number of aromatic nitrogens is 1. The molecule has 1 fully saturated rings. The molecule has 0 bridgehead atoms. The highest BCUT2D eigenvalue weighted by atomic mass is 19.1. The Balaban J connectivity index is 1.46. The van der Waals surface area contributed by atoms with E-state index in [1.807, 2.05) is 31.3 Å². The Morgan fingerprint density at radius 2 is 1.96 bits per heavy atom. The van der Waals surface area contributed by atoms with E-state index in [0.29, 0.717) is 5.56 Å². The first-order chi connectivity index (χ1) is 13.2. The molecule has 3 N–H and O–H groups in total. The van der Waals surface area contributed by atoms with Crippen molar-refractivity contribution in [2.75, 3.05) is 20.2 Å². The first-order valence-corrected chi connectivity index (χ1v) is 9.52. The van der Waals surface area contributed by atoms with Crippen molar-refractivity contribution in [1.29, 1.82) is 0 Å². The number of H-pyrrole nitrogens is 1. The second kappa shape index (κ2) is 7.80. The Labute approximate surface area is 159 Å². The fraction of sp³-hybridized carbons (Fsp3) is 0.364. The van der Waals surface area contributed by atoms with E-state index in [4.69, 9.17) is 0 Å². The molecular formula is C22H26FN3O. The van der Waals surface area contributed by atoms with Gasteiger partial charge in [-0.1, -0.05) is 36.4 Å². The fourth-order valence-electron chi connectivity index (χ4n) is 4.41. The number of benzene rings is 2. The second-order valence-corrected chi connectivity index (χ2v) is 7.48. The molecule has 0 aliphatic carbocycles. The molecule has 1 saturated heterocycles. The molecule has 27 heavy (non-hydrogen) atoms. The lowest BCUT2D eigenvalue weighted by molar-refractivity contribution is 0.151. The molecule has 0 spiro atoms. The van der Waals surface area contributed by atoms with Crippen LogP contribution in [0.2, 0.25) is 0 Å². The Morgan fingerprint density at radius 3 is 2.74 bits per heavy atom. The Hall–Kier alpha value is -2.21. The highest BCUT2D eigenvalue weighted by molar-refractivity contribution is 5.80. The van der Waals surface area contributed by atoms with Crippen LogP contribution in [0.1, 0.15) is 23.7 Å². The van der Waals surface area contributed by atoms with E-state index in [9.17, 15) is 9.50 Å². The predicted octanol–water partition coefficient (Wildman–Crippen LogP) is 3.45. The van der Waals surface area contributed by atoms with Gasteiger partial charge < -0.3 is 15.4 Å². The predicted molar refractivity (Wildman–Crippen MR) is 106 cm³/mol. The van der Waals surface area contributed by atoms with Crippen LogP contribution in [0.4, 0.5) is 4.39 Å². The number of likely N-dealkylation sites (N-methyl/N-ethyl adjacent to an activating group) is 1. The number of para-hydroxylation sites is 1. The van der Waals surface area contributed by atoms with Gasteiger partial charge in [-0.25, -0.2) is 4.39 Å². The van der Waals surface area contributed by atoms with Gasteiger partial charge in [-0.3, -0.25) is 4.90 Å². The largest absolute Gasteiger partial charge is 0.395 e. The third kappa shape index (κ3) is 3.63. The van der Waals surface area contributed by atoms with Gasteiger partial charge in [-0.15, -0.1) is 0 Å². The van der Waals surface area contributed by atoms with Crippen molar-refractivity contribution in [1.82, 2.24) is 15.2 Å². The van der Waals surface area contributed by atoms with Crippen LogP contribution in [0.15, 0.2) is 54.6 Å². The molecule has 0 amide bonds. The molecule has 4 rings (SSSR count). The minimum atomic E-state index is -0.173. The molecule has 2 heterocycles. The number of fused-ring (bicyclic) bond motifs is 1. The van der Waals surface area contributed by atoms with E-state index >= 15 is 0 Å². The van der Waals surface area contributed by atoms with Crippen molar-refractivity contribution in [3.63, 3.8) is 0 Å². The van der Waals surface area contributed by atoms with E-state index in [0.717, 1.165) is 30.7 Å². The minimum absolute atomic E-state index is 0.0291. The van der Waals surface area contributed by atoms with Crippen molar-refractivity contribution in [2.24, 2.45) is 5.92 Å². The highest BCUT2D eigenvalue weighted by Gasteiger charge is 2.40. The zero-order valence-electron chi connectivity index (χ0n) is 15.5. The summed E-state index contributed by atoms with van der Waals surface area (Å²) in [6.45, 7) is 1.61. The molecular weight excluding hydrogens is 341 g/mol. The first-order valence-electron chi connectivity index (χ1n) is 9.52. The number of halogens is 1. The molecule has 1 aromatic heterocycles. The maximum atomic E-state index is 14.4. The summed E-state index contributed by atoms with van der Waals surface area (Å²) in [6.07, 6.45) is 0.853. The van der Waals surface area contributed by atoms with E-state index in [1.54, 1.807) is 6.07 Å². The Bertz CT molecular complexity index is 876. The van der Waals surface area contributed by atoms with Crippen molar-refractivity contribution in [3.05, 3.63) is 71.7 Å². The number of aliphatic hydroxyl groups is 1. The summed E-state index contributed by atoms with van der Waals surface area (Å²) >= 11 is 0. The summed E-state index contributed by atoms with van der Waals surface area (Å²) in [5.41, 5.74) is 3.00. The van der Waals surface area contributed by atoms with Gasteiger partial charge in [0.15, 0.2) is 0 Å². The molecule has 2 aromatic carbocycles. The molecule has 0 radical (unpaired) electrons. The number of likely N-dealkylation sites (tertiary alicyclic amines) is 1. The maximum absolute atomic E-state index is 14.4. The van der Waals surface area contributed by atoms with Gasteiger partial charge in [0.2, 0.25) is 0 Å². The van der Waals surface area contributed by atoms with Crippen LogP contribution in [0.25, 0.3) is 10.9 Å². The average molecular weight is 367 g/mol. The normalized spacial score (nSPS) is 23.3. The average Bonchev–Trinajstić information content (AvgIpc) is 3.23. The Kier molecular flexibility index (Phi) is 5.25. The summed E-state index contributed by atoms with van der Waals surface area (Å²) in [4.78, 5) is 5.55. The lowest BCUT2D eigenvalue weighted by Gasteiger charge is -2.28. The second-order valence-electron chi connectivity index (χ2n) is 7.48. The van der Waals surface area contributed by atoms with Gasteiger partial charge in [0.05, 0.1) is 6.61 Å². The van der Waals surface area contributed by atoms with E-state index in [2.05, 4.69) is 33.4 Å². The van der Waals surface area contributed by atoms with Gasteiger partial charge in [-0.05, 0) is 43.0 Å². The standard InChI is InChI=1S/C22H26FN3O/c1-26-18(14-27)11-16(22(26)19-7-3-4-8-20(19)23)12-24-13-17-10-15-6-2-5-9-21(15)25-17/h2-10,16,18,22,24-25,27H,11-14H2,1H3/t16-,18+,22-/m0/s1. The number of nitrogens with zero attached hydrogens (tertiary/aromatic N) is 1. The maximum Gasteiger partial charge on any atom is 0.127 e. The third-order valence-electron chi connectivity index (χ3n) is 5.78. The zero-order chi connectivity index (χ0) is 18.8. The van der Waals surface area contributed by atoms with Gasteiger partial charge in [0.25, 0.3) is 0 Å². The summed E-state index contributed by atoms with van der Waals surface area (Å²) in [7, 11) is 1.98. The van der Waals surface area contributed by atoms with Crippen LogP contribution in [0.3, 0.4) is 0 Å². The molecule has 0 unspecified atom stereocenters. The van der Waals surface area contributed by atoms with E-state index < -0.39 is 0 Å². The summed E-state index contributed by atoms with van der Waals surface area (Å²) < 4.78 is 14.4. The molecule has 1 aliphatic heterocycles. The molecule has 142 valence electrons. The zero-order valence-corrected chi connectivity index (χ0v) is 15.5. The molecule has 1 aliphatic rings.